The van der Waals surface area contributed by atoms with Crippen LogP contribution in [0.15, 0.2) is 35.3 Å². The highest BCUT2D eigenvalue weighted by atomic mass is 16.3. The van der Waals surface area contributed by atoms with Crippen molar-refractivity contribution < 1.29 is 9.21 Å². The Kier molecular flexibility index (Phi) is 4.50. The van der Waals surface area contributed by atoms with Gasteiger partial charge in [0.1, 0.15) is 6.26 Å². The molecule has 7 nitrogen and oxygen atoms in total. The Labute approximate surface area is 139 Å². The molecule has 3 aromatic heterocycles. The lowest BCUT2D eigenvalue weighted by Crippen LogP contribution is -2.27. The van der Waals surface area contributed by atoms with Gasteiger partial charge in [0.25, 0.3) is 5.91 Å². The molecule has 0 saturated heterocycles. The molecular formula is C17H21N5O2. The summed E-state index contributed by atoms with van der Waals surface area (Å²) in [5.74, 6) is 0.307. The van der Waals surface area contributed by atoms with Crippen molar-refractivity contribution in [2.24, 2.45) is 5.73 Å². The zero-order valence-electron chi connectivity index (χ0n) is 13.8. The molecule has 7 heteroatoms. The van der Waals surface area contributed by atoms with Gasteiger partial charge < -0.3 is 15.5 Å². The second kappa shape index (κ2) is 6.74. The van der Waals surface area contributed by atoms with Crippen LogP contribution in [0.3, 0.4) is 0 Å². The van der Waals surface area contributed by atoms with Crippen LogP contribution in [0.4, 0.5) is 5.82 Å². The first kappa shape index (κ1) is 16.0. The lowest BCUT2D eigenvalue weighted by atomic mass is 9.93. The molecule has 0 unspecified atom stereocenters. The first-order valence-electron chi connectivity index (χ1n) is 8.19. The highest BCUT2D eigenvalue weighted by Gasteiger charge is 2.20. The SMILES string of the molecule is CC.NC(=O)c1cc(-c2cnc(NC3CCC3)c3nccn23)co1. The quantitative estimate of drug-likeness (QED) is 0.767. The molecule has 1 amide bonds. The maximum atomic E-state index is 11.2. The standard InChI is InChI=1S/C15H15N5O2.C2H6/c16-13(21)12-6-9(8-22-12)11-7-18-14(19-10-2-1-3-10)15-17-4-5-20(11)15;1-2/h4-8,10H,1-3H2,(H2,16,21)(H,18,19);1-2H3. The van der Waals surface area contributed by atoms with Crippen LogP contribution in [-0.4, -0.2) is 26.3 Å². The molecule has 0 radical (unpaired) electrons. The van der Waals surface area contributed by atoms with Crippen molar-refractivity contribution in [1.82, 2.24) is 14.4 Å². The Morgan fingerprint density at radius 3 is 2.79 bits per heavy atom. The van der Waals surface area contributed by atoms with E-state index >= 15 is 0 Å². The number of carbonyl (C=O) groups is 1. The predicted molar refractivity (Wildman–Crippen MR) is 91.8 cm³/mol. The van der Waals surface area contributed by atoms with Gasteiger partial charge in [0.05, 0.1) is 11.9 Å². The van der Waals surface area contributed by atoms with Crippen LogP contribution in [0.1, 0.15) is 43.7 Å². The molecule has 126 valence electrons. The molecule has 4 rings (SSSR count). The maximum Gasteiger partial charge on any atom is 0.284 e. The highest BCUT2D eigenvalue weighted by molar-refractivity contribution is 5.91. The zero-order valence-corrected chi connectivity index (χ0v) is 13.8. The summed E-state index contributed by atoms with van der Waals surface area (Å²) < 4.78 is 7.10. The van der Waals surface area contributed by atoms with Crippen molar-refractivity contribution >= 4 is 17.4 Å². The van der Waals surface area contributed by atoms with E-state index in [1.807, 2.05) is 24.4 Å². The average Bonchev–Trinajstić information content (AvgIpc) is 3.22. The fourth-order valence-corrected chi connectivity index (χ4v) is 2.58. The number of aromatic nitrogens is 3. The zero-order chi connectivity index (χ0) is 17.1. The maximum absolute atomic E-state index is 11.2. The van der Waals surface area contributed by atoms with E-state index in [0.717, 1.165) is 22.7 Å². The molecule has 1 saturated carbocycles. The van der Waals surface area contributed by atoms with Crippen molar-refractivity contribution in [3.63, 3.8) is 0 Å². The van der Waals surface area contributed by atoms with Crippen LogP contribution in [0, 0.1) is 0 Å². The van der Waals surface area contributed by atoms with Crippen LogP contribution in [-0.2, 0) is 0 Å². The molecule has 0 bridgehead atoms. The molecule has 3 heterocycles. The number of carbonyl (C=O) groups excluding carboxylic acids is 1. The van der Waals surface area contributed by atoms with E-state index in [1.54, 1.807) is 18.5 Å². The number of nitrogens with zero attached hydrogens (tertiary/aromatic N) is 3. The third kappa shape index (κ3) is 2.84. The molecule has 0 aromatic carbocycles. The largest absolute Gasteiger partial charge is 0.458 e. The number of fused-ring (bicyclic) bond motifs is 1. The van der Waals surface area contributed by atoms with Crippen molar-refractivity contribution in [2.75, 3.05) is 5.32 Å². The summed E-state index contributed by atoms with van der Waals surface area (Å²) in [6.07, 6.45) is 10.4. The van der Waals surface area contributed by atoms with Crippen LogP contribution in [0.2, 0.25) is 0 Å². The number of hydrogen-bond donors (Lipinski definition) is 2. The lowest BCUT2D eigenvalue weighted by molar-refractivity contribution is 0.0974. The fourth-order valence-electron chi connectivity index (χ4n) is 2.58. The minimum atomic E-state index is -0.593. The van der Waals surface area contributed by atoms with Gasteiger partial charge in [-0.3, -0.25) is 9.20 Å². The highest BCUT2D eigenvalue weighted by Crippen LogP contribution is 2.28. The smallest absolute Gasteiger partial charge is 0.284 e. The van der Waals surface area contributed by atoms with Crippen LogP contribution in [0.25, 0.3) is 16.9 Å². The molecule has 0 aliphatic heterocycles. The van der Waals surface area contributed by atoms with Gasteiger partial charge in [-0.15, -0.1) is 0 Å². The summed E-state index contributed by atoms with van der Waals surface area (Å²) in [7, 11) is 0. The van der Waals surface area contributed by atoms with Gasteiger partial charge >= 0.3 is 0 Å². The number of furan rings is 1. The van der Waals surface area contributed by atoms with E-state index in [0.29, 0.717) is 6.04 Å². The Hall–Kier alpha value is -2.83. The van der Waals surface area contributed by atoms with Crippen LogP contribution in [0.5, 0.6) is 0 Å². The monoisotopic (exact) mass is 327 g/mol. The third-order valence-electron chi connectivity index (χ3n) is 4.01. The Morgan fingerprint density at radius 2 is 2.17 bits per heavy atom. The lowest BCUT2D eigenvalue weighted by Gasteiger charge is -2.27. The number of amides is 1. The van der Waals surface area contributed by atoms with Gasteiger partial charge in [0.2, 0.25) is 0 Å². The Balaban J connectivity index is 0.000000815. The second-order valence-corrected chi connectivity index (χ2v) is 5.45. The average molecular weight is 327 g/mol. The van der Waals surface area contributed by atoms with Gasteiger partial charge in [0, 0.05) is 24.0 Å². The van der Waals surface area contributed by atoms with Gasteiger partial charge in [-0.25, -0.2) is 9.97 Å². The summed E-state index contributed by atoms with van der Waals surface area (Å²) in [4.78, 5) is 20.0. The molecule has 0 spiro atoms. The Bertz CT molecular complexity index is 848. The number of primary amides is 1. The molecule has 1 fully saturated rings. The van der Waals surface area contributed by atoms with Gasteiger partial charge in [-0.1, -0.05) is 13.8 Å². The first-order valence-corrected chi connectivity index (χ1v) is 8.19. The fraction of sp³-hybridized carbons (Fsp3) is 0.353. The van der Waals surface area contributed by atoms with Gasteiger partial charge in [-0.05, 0) is 25.3 Å². The summed E-state index contributed by atoms with van der Waals surface area (Å²) in [5, 5.41) is 3.42. The summed E-state index contributed by atoms with van der Waals surface area (Å²) >= 11 is 0. The number of imidazole rings is 1. The minimum Gasteiger partial charge on any atom is -0.458 e. The number of hydrogen-bond acceptors (Lipinski definition) is 5. The molecule has 3 aromatic rings. The second-order valence-electron chi connectivity index (χ2n) is 5.45. The van der Waals surface area contributed by atoms with Crippen LogP contribution >= 0.6 is 0 Å². The van der Waals surface area contributed by atoms with Crippen molar-refractivity contribution in [3.8, 4) is 11.3 Å². The van der Waals surface area contributed by atoms with E-state index in [1.165, 1.54) is 25.5 Å². The van der Waals surface area contributed by atoms with E-state index < -0.39 is 5.91 Å². The normalized spacial score (nSPS) is 13.9. The van der Waals surface area contributed by atoms with E-state index in [2.05, 4.69) is 15.3 Å². The minimum absolute atomic E-state index is 0.125. The number of nitrogens with one attached hydrogen (secondary N) is 1. The van der Waals surface area contributed by atoms with E-state index in [-0.39, 0.29) is 5.76 Å². The molecule has 1 aliphatic rings. The van der Waals surface area contributed by atoms with Crippen molar-refractivity contribution in [2.45, 2.75) is 39.2 Å². The third-order valence-corrected chi connectivity index (χ3v) is 4.01. The van der Waals surface area contributed by atoms with Gasteiger partial charge in [-0.2, -0.15) is 0 Å². The molecule has 24 heavy (non-hydrogen) atoms. The summed E-state index contributed by atoms with van der Waals surface area (Å²) in [6.45, 7) is 4.00. The molecule has 1 aliphatic carbocycles. The number of rotatable bonds is 4. The van der Waals surface area contributed by atoms with E-state index in [9.17, 15) is 4.79 Å². The number of anilines is 1. The van der Waals surface area contributed by atoms with E-state index in [4.69, 9.17) is 10.2 Å². The predicted octanol–water partition coefficient (Wildman–Crippen LogP) is 3.08. The van der Waals surface area contributed by atoms with Gasteiger partial charge in [0.15, 0.2) is 17.2 Å². The summed E-state index contributed by atoms with van der Waals surface area (Å²) in [6, 6.07) is 2.09. The first-order chi connectivity index (χ1) is 11.7. The number of nitrogens with two attached hydrogens (primary N) is 1. The van der Waals surface area contributed by atoms with Crippen LogP contribution < -0.4 is 11.1 Å². The Morgan fingerprint density at radius 1 is 1.38 bits per heavy atom. The van der Waals surface area contributed by atoms with Crippen molar-refractivity contribution in [1.29, 1.82) is 0 Å². The topological polar surface area (TPSA) is 98.5 Å². The molecule has 0 atom stereocenters. The molecular weight excluding hydrogens is 306 g/mol. The van der Waals surface area contributed by atoms with Crippen molar-refractivity contribution in [3.05, 3.63) is 36.7 Å². The summed E-state index contributed by atoms with van der Waals surface area (Å²) in [5.41, 5.74) is 7.51. The molecule has 3 N–H and O–H groups in total.